The minimum absolute atomic E-state index is 0.000726. The first kappa shape index (κ1) is 24.9. The first-order valence-corrected chi connectivity index (χ1v) is 10.4. The molecule has 0 atom stereocenters. The second-order valence-corrected chi connectivity index (χ2v) is 8.98. The number of hydrogen-bond acceptors (Lipinski definition) is 4. The molecule has 0 aromatic rings. The maximum Gasteiger partial charge on any atom is 0.311 e. The van der Waals surface area contributed by atoms with Gasteiger partial charge in [-0.3, -0.25) is 9.59 Å². The molecular formula is C22H42O4. The molecule has 154 valence electrons. The predicted molar refractivity (Wildman–Crippen MR) is 107 cm³/mol. The number of unbranched alkanes of at least 4 members (excludes halogenated alkanes) is 4. The van der Waals surface area contributed by atoms with E-state index in [1.165, 1.54) is 0 Å². The summed E-state index contributed by atoms with van der Waals surface area (Å²) in [6, 6.07) is 0. The van der Waals surface area contributed by atoms with Gasteiger partial charge >= 0.3 is 11.9 Å². The van der Waals surface area contributed by atoms with Crippen LogP contribution in [0.2, 0.25) is 0 Å². The Kier molecular flexibility index (Phi) is 11.8. The van der Waals surface area contributed by atoms with Gasteiger partial charge in [-0.25, -0.2) is 0 Å². The maximum absolute atomic E-state index is 12.3. The Morgan fingerprint density at radius 1 is 0.731 bits per heavy atom. The number of esters is 2. The molecule has 0 bridgehead atoms. The number of ether oxygens (including phenoxy) is 2. The first-order chi connectivity index (χ1) is 12.1. The third-order valence-electron chi connectivity index (χ3n) is 4.91. The van der Waals surface area contributed by atoms with Crippen LogP contribution in [0.1, 0.15) is 99.8 Å². The summed E-state index contributed by atoms with van der Waals surface area (Å²) in [5.74, 6) is -0.320. The van der Waals surface area contributed by atoms with E-state index in [1.807, 2.05) is 34.6 Å². The summed E-state index contributed by atoms with van der Waals surface area (Å²) >= 11 is 0. The molecule has 4 heteroatoms. The standard InChI is InChI=1S/C22H42O4/c1-8-10-12-14-21(4,5)19(23)25-16-18(3)17-26-20(24)22(6,7)15-13-11-9-2/h18H,8-17H2,1-7H3. The second-order valence-electron chi connectivity index (χ2n) is 8.98. The minimum Gasteiger partial charge on any atom is -0.465 e. The highest BCUT2D eigenvalue weighted by Gasteiger charge is 2.30. The van der Waals surface area contributed by atoms with E-state index in [9.17, 15) is 9.59 Å². The molecule has 4 nitrogen and oxygen atoms in total. The lowest BCUT2D eigenvalue weighted by Gasteiger charge is -2.25. The van der Waals surface area contributed by atoms with Crippen LogP contribution >= 0.6 is 0 Å². The van der Waals surface area contributed by atoms with Crippen molar-refractivity contribution in [2.75, 3.05) is 13.2 Å². The van der Waals surface area contributed by atoms with Crippen LogP contribution in [-0.4, -0.2) is 25.2 Å². The molecule has 0 saturated heterocycles. The molecule has 26 heavy (non-hydrogen) atoms. The molecule has 0 amide bonds. The molecule has 0 fully saturated rings. The van der Waals surface area contributed by atoms with Crippen LogP contribution in [0.5, 0.6) is 0 Å². The maximum atomic E-state index is 12.3. The third-order valence-corrected chi connectivity index (χ3v) is 4.91. The van der Waals surface area contributed by atoms with Crippen LogP contribution in [0.25, 0.3) is 0 Å². The normalized spacial score (nSPS) is 12.3. The molecule has 0 unspecified atom stereocenters. The van der Waals surface area contributed by atoms with E-state index >= 15 is 0 Å². The molecule has 0 spiro atoms. The molecule has 0 aliphatic carbocycles. The van der Waals surface area contributed by atoms with Gasteiger partial charge in [0.25, 0.3) is 0 Å². The van der Waals surface area contributed by atoms with Crippen molar-refractivity contribution in [3.05, 3.63) is 0 Å². The molecule has 0 aromatic heterocycles. The molecule has 0 N–H and O–H groups in total. The van der Waals surface area contributed by atoms with Gasteiger partial charge in [0.1, 0.15) is 0 Å². The van der Waals surface area contributed by atoms with Crippen molar-refractivity contribution in [2.24, 2.45) is 16.7 Å². The Labute approximate surface area is 161 Å². The van der Waals surface area contributed by atoms with Gasteiger partial charge in [0.15, 0.2) is 0 Å². The Balaban J connectivity index is 4.19. The van der Waals surface area contributed by atoms with Gasteiger partial charge in [-0.15, -0.1) is 0 Å². The molecule has 0 aromatic carbocycles. The lowest BCUT2D eigenvalue weighted by molar-refractivity contribution is -0.159. The van der Waals surface area contributed by atoms with Crippen LogP contribution in [-0.2, 0) is 19.1 Å². The van der Waals surface area contributed by atoms with Gasteiger partial charge in [-0.1, -0.05) is 59.3 Å². The van der Waals surface area contributed by atoms with Crippen LogP contribution in [0.4, 0.5) is 0 Å². The monoisotopic (exact) mass is 370 g/mol. The highest BCUT2D eigenvalue weighted by molar-refractivity contribution is 5.76. The minimum atomic E-state index is -0.452. The molecule has 0 aliphatic rings. The summed E-state index contributed by atoms with van der Waals surface area (Å²) in [6.07, 6.45) is 8.32. The summed E-state index contributed by atoms with van der Waals surface area (Å²) < 4.78 is 10.9. The van der Waals surface area contributed by atoms with Gasteiger partial charge in [-0.05, 0) is 40.5 Å². The van der Waals surface area contributed by atoms with E-state index in [0.29, 0.717) is 13.2 Å². The van der Waals surface area contributed by atoms with Crippen molar-refractivity contribution < 1.29 is 19.1 Å². The second kappa shape index (κ2) is 12.3. The van der Waals surface area contributed by atoms with Crippen LogP contribution in [0.3, 0.4) is 0 Å². The van der Waals surface area contributed by atoms with E-state index in [4.69, 9.17) is 9.47 Å². The average Bonchev–Trinajstić information content (AvgIpc) is 2.57. The average molecular weight is 371 g/mol. The van der Waals surface area contributed by atoms with Crippen molar-refractivity contribution >= 4 is 11.9 Å². The van der Waals surface area contributed by atoms with Crippen molar-refractivity contribution in [3.8, 4) is 0 Å². The van der Waals surface area contributed by atoms with Gasteiger partial charge in [0, 0.05) is 5.92 Å². The lowest BCUT2D eigenvalue weighted by atomic mass is 9.87. The number of rotatable bonds is 14. The zero-order valence-corrected chi connectivity index (χ0v) is 18.3. The highest BCUT2D eigenvalue weighted by Crippen LogP contribution is 2.27. The zero-order valence-electron chi connectivity index (χ0n) is 18.3. The molecular weight excluding hydrogens is 328 g/mol. The number of carbonyl (C=O) groups is 2. The van der Waals surface area contributed by atoms with Gasteiger partial charge < -0.3 is 9.47 Å². The van der Waals surface area contributed by atoms with Crippen molar-refractivity contribution in [1.29, 1.82) is 0 Å². The van der Waals surface area contributed by atoms with Gasteiger partial charge in [-0.2, -0.15) is 0 Å². The Morgan fingerprint density at radius 2 is 1.08 bits per heavy atom. The van der Waals surface area contributed by atoms with Crippen molar-refractivity contribution in [3.63, 3.8) is 0 Å². The van der Waals surface area contributed by atoms with Crippen molar-refractivity contribution in [1.82, 2.24) is 0 Å². The van der Waals surface area contributed by atoms with Crippen molar-refractivity contribution in [2.45, 2.75) is 99.8 Å². The van der Waals surface area contributed by atoms with E-state index in [1.54, 1.807) is 0 Å². The highest BCUT2D eigenvalue weighted by atomic mass is 16.5. The SMILES string of the molecule is CCCCCC(C)(C)C(=O)OCC(C)COC(=O)C(C)(C)CCCCC. The largest absolute Gasteiger partial charge is 0.465 e. The van der Waals surface area contributed by atoms with Crippen LogP contribution in [0.15, 0.2) is 0 Å². The topological polar surface area (TPSA) is 52.6 Å². The first-order valence-electron chi connectivity index (χ1n) is 10.4. The summed E-state index contributed by atoms with van der Waals surface area (Å²) in [5.41, 5.74) is -0.903. The summed E-state index contributed by atoms with van der Waals surface area (Å²) in [6.45, 7) is 14.6. The van der Waals surface area contributed by atoms with E-state index < -0.39 is 10.8 Å². The van der Waals surface area contributed by atoms with E-state index in [-0.39, 0.29) is 17.9 Å². The fraction of sp³-hybridized carbons (Fsp3) is 0.909. The number of carbonyl (C=O) groups excluding carboxylic acids is 2. The Hall–Kier alpha value is -1.06. The molecule has 0 aliphatic heterocycles. The fourth-order valence-corrected chi connectivity index (χ4v) is 2.71. The fourth-order valence-electron chi connectivity index (χ4n) is 2.71. The zero-order chi connectivity index (χ0) is 20.2. The van der Waals surface area contributed by atoms with E-state index in [2.05, 4.69) is 13.8 Å². The molecule has 0 rings (SSSR count). The quantitative estimate of drug-likeness (QED) is 0.281. The summed E-state index contributed by atoms with van der Waals surface area (Å²) in [7, 11) is 0. The van der Waals surface area contributed by atoms with Gasteiger partial charge in [0.2, 0.25) is 0 Å². The smallest absolute Gasteiger partial charge is 0.311 e. The molecule has 0 radical (unpaired) electrons. The lowest BCUT2D eigenvalue weighted by Crippen LogP contribution is -2.31. The summed E-state index contributed by atoms with van der Waals surface area (Å²) in [4.78, 5) is 24.6. The molecule has 0 heterocycles. The number of hydrogen-bond donors (Lipinski definition) is 0. The third kappa shape index (κ3) is 10.2. The Bertz CT molecular complexity index is 374. The molecule has 0 saturated carbocycles. The van der Waals surface area contributed by atoms with Crippen LogP contribution in [0, 0.1) is 16.7 Å². The predicted octanol–water partition coefficient (Wildman–Crippen LogP) is 5.92. The Morgan fingerprint density at radius 3 is 1.38 bits per heavy atom. The summed E-state index contributed by atoms with van der Waals surface area (Å²) in [5, 5.41) is 0. The van der Waals surface area contributed by atoms with Crippen LogP contribution < -0.4 is 0 Å². The van der Waals surface area contributed by atoms with E-state index in [0.717, 1.165) is 51.4 Å². The van der Waals surface area contributed by atoms with Gasteiger partial charge in [0.05, 0.1) is 24.0 Å².